The number of halogens is 7. The molecule has 1 atom stereocenters. The van der Waals surface area contributed by atoms with Crippen molar-refractivity contribution in [2.24, 2.45) is 5.16 Å². The van der Waals surface area contributed by atoms with E-state index in [9.17, 15) is 17.6 Å². The Labute approximate surface area is 256 Å². The second kappa shape index (κ2) is 12.3. The molecule has 6 rings (SSSR count). The summed E-state index contributed by atoms with van der Waals surface area (Å²) in [5.74, 6) is 0. The van der Waals surface area contributed by atoms with Crippen LogP contribution in [0.1, 0.15) is 34.2 Å². The van der Waals surface area contributed by atoms with E-state index in [2.05, 4.69) is 71.1 Å². The molecule has 0 amide bonds. The molecule has 2 aliphatic rings. The van der Waals surface area contributed by atoms with Gasteiger partial charge in [0.05, 0.1) is 20.8 Å². The van der Waals surface area contributed by atoms with Crippen molar-refractivity contribution in [1.29, 1.82) is 0 Å². The minimum Gasteiger partial charge on any atom is -0.374 e. The molecule has 0 radical (unpaired) electrons. The maximum atomic E-state index is 14.5. The van der Waals surface area contributed by atoms with Crippen molar-refractivity contribution in [3.05, 3.63) is 140 Å². The van der Waals surface area contributed by atoms with Crippen LogP contribution < -0.4 is 5.32 Å². The van der Waals surface area contributed by atoms with E-state index in [0.29, 0.717) is 11.1 Å². The molecular formula is C32H25Cl3F4N2O. The van der Waals surface area contributed by atoms with E-state index in [4.69, 9.17) is 39.6 Å². The molecule has 0 aliphatic carbocycles. The zero-order valence-electron chi connectivity index (χ0n) is 22.1. The molecule has 3 nitrogen and oxygen atoms in total. The van der Waals surface area contributed by atoms with E-state index in [1.54, 1.807) is 12.1 Å². The third kappa shape index (κ3) is 6.30. The maximum Gasteiger partial charge on any atom is 0.435 e. The number of benzene rings is 4. The van der Waals surface area contributed by atoms with Gasteiger partial charge in [0.2, 0.25) is 0 Å². The lowest BCUT2D eigenvalue weighted by Crippen LogP contribution is -2.53. The Morgan fingerprint density at radius 3 is 1.74 bits per heavy atom. The van der Waals surface area contributed by atoms with Gasteiger partial charge < -0.3 is 10.2 Å². The lowest BCUT2D eigenvalue weighted by Gasteiger charge is -2.35. The molecule has 0 spiro atoms. The summed E-state index contributed by atoms with van der Waals surface area (Å²) >= 11 is 17.7. The molecule has 1 saturated heterocycles. The maximum absolute atomic E-state index is 14.5. The van der Waals surface area contributed by atoms with Crippen molar-refractivity contribution in [2.75, 3.05) is 13.1 Å². The van der Waals surface area contributed by atoms with Crippen LogP contribution in [0.3, 0.4) is 0 Å². The molecule has 42 heavy (non-hydrogen) atoms. The predicted molar refractivity (Wildman–Crippen MR) is 159 cm³/mol. The highest BCUT2D eigenvalue weighted by Crippen LogP contribution is 2.50. The third-order valence-electron chi connectivity index (χ3n) is 7.28. The second-order valence-corrected chi connectivity index (χ2v) is 11.4. The Kier molecular flexibility index (Phi) is 8.86. The number of alkyl halides is 4. The van der Waals surface area contributed by atoms with Crippen LogP contribution in [-0.4, -0.2) is 25.0 Å². The molecule has 4 aromatic rings. The highest BCUT2D eigenvalue weighted by molar-refractivity contribution is 6.48. The minimum atomic E-state index is -4.81. The van der Waals surface area contributed by atoms with Gasteiger partial charge in [-0.2, -0.15) is 13.2 Å². The van der Waals surface area contributed by atoms with Gasteiger partial charge in [-0.15, -0.1) is 0 Å². The Morgan fingerprint density at radius 2 is 1.29 bits per heavy atom. The SMILES string of the molecule is FC1(c2ccc(C3=NOC(c4cc(Cl)c(Cl)c(Cl)c4)(C(F)(F)F)C3)cc2)CNC1.c1ccc(Cc2ccccc2)cc1. The van der Waals surface area contributed by atoms with Gasteiger partial charge in [0, 0.05) is 25.1 Å². The van der Waals surface area contributed by atoms with Gasteiger partial charge >= 0.3 is 6.18 Å². The molecule has 218 valence electrons. The molecule has 4 aromatic carbocycles. The lowest BCUT2D eigenvalue weighted by molar-refractivity contribution is -0.275. The van der Waals surface area contributed by atoms with Crippen LogP contribution in [0.15, 0.2) is 102 Å². The highest BCUT2D eigenvalue weighted by Gasteiger charge is 2.62. The van der Waals surface area contributed by atoms with E-state index in [1.807, 2.05) is 0 Å². The van der Waals surface area contributed by atoms with Crippen molar-refractivity contribution >= 4 is 40.5 Å². The van der Waals surface area contributed by atoms with E-state index in [1.165, 1.54) is 23.3 Å². The van der Waals surface area contributed by atoms with Crippen molar-refractivity contribution in [3.8, 4) is 0 Å². The molecule has 1 N–H and O–H groups in total. The van der Waals surface area contributed by atoms with E-state index >= 15 is 0 Å². The molecule has 10 heteroatoms. The van der Waals surface area contributed by atoms with Gasteiger partial charge in [0.1, 0.15) is 0 Å². The summed E-state index contributed by atoms with van der Waals surface area (Å²) in [6, 6.07) is 29.4. The number of hydrogen-bond donors (Lipinski definition) is 1. The quantitative estimate of drug-likeness (QED) is 0.175. The van der Waals surface area contributed by atoms with Gasteiger partial charge in [0.25, 0.3) is 5.60 Å². The van der Waals surface area contributed by atoms with Gasteiger partial charge in [-0.25, -0.2) is 4.39 Å². The van der Waals surface area contributed by atoms with Crippen LogP contribution in [0, 0.1) is 0 Å². The summed E-state index contributed by atoms with van der Waals surface area (Å²) in [7, 11) is 0. The number of hydrogen-bond acceptors (Lipinski definition) is 3. The normalized spacial score (nSPS) is 19.2. The summed E-state index contributed by atoms with van der Waals surface area (Å²) < 4.78 is 56.6. The molecule has 2 heterocycles. The molecule has 1 unspecified atom stereocenters. The minimum absolute atomic E-state index is 0.0465. The Balaban J connectivity index is 0.000000226. The van der Waals surface area contributed by atoms with Crippen LogP contribution >= 0.6 is 34.8 Å². The Morgan fingerprint density at radius 1 is 0.762 bits per heavy atom. The first-order valence-corrected chi connectivity index (χ1v) is 14.2. The zero-order valence-corrected chi connectivity index (χ0v) is 24.3. The van der Waals surface area contributed by atoms with E-state index in [0.717, 1.165) is 18.6 Å². The smallest absolute Gasteiger partial charge is 0.374 e. The number of rotatable bonds is 5. The fourth-order valence-corrected chi connectivity index (χ4v) is 5.38. The zero-order chi connectivity index (χ0) is 30.0. The standard InChI is InChI=1S/C19H13Cl3F4N2O.C13H12/c20-13-5-12(6-14(21)16(13)22)18(19(24,25)26)7-15(28-29-18)10-1-3-11(4-2-10)17(23)8-27-9-17;1-3-7-12(8-4-1)11-13-9-5-2-6-10-13/h1-6,27H,7-9H2;1-10H,11H2. The predicted octanol–water partition coefficient (Wildman–Crippen LogP) is 9.27. The highest BCUT2D eigenvalue weighted by atomic mass is 35.5. The van der Waals surface area contributed by atoms with Crippen molar-refractivity contribution in [3.63, 3.8) is 0 Å². The molecule has 0 bridgehead atoms. The fraction of sp³-hybridized carbons (Fsp3) is 0.219. The lowest BCUT2D eigenvalue weighted by atomic mass is 9.85. The second-order valence-electron chi connectivity index (χ2n) is 10.2. The monoisotopic (exact) mass is 634 g/mol. The summed E-state index contributed by atoms with van der Waals surface area (Å²) in [6.45, 7) is 0.400. The van der Waals surface area contributed by atoms with Crippen LogP contribution in [0.2, 0.25) is 15.1 Å². The molecule has 1 fully saturated rings. The first-order chi connectivity index (χ1) is 20.0. The summed E-state index contributed by atoms with van der Waals surface area (Å²) in [6.07, 6.45) is -4.37. The third-order valence-corrected chi connectivity index (χ3v) is 8.47. The van der Waals surface area contributed by atoms with Crippen LogP contribution in [0.5, 0.6) is 0 Å². The molecule has 0 saturated carbocycles. The van der Waals surface area contributed by atoms with Crippen molar-refractivity contribution in [2.45, 2.75) is 30.3 Å². The Bertz CT molecular complexity index is 1500. The van der Waals surface area contributed by atoms with Crippen LogP contribution in [-0.2, 0) is 22.5 Å². The first kappa shape index (κ1) is 30.4. The van der Waals surface area contributed by atoms with E-state index in [-0.39, 0.29) is 39.4 Å². The summed E-state index contributed by atoms with van der Waals surface area (Å²) in [5, 5.41) is 6.24. The average molecular weight is 636 g/mol. The summed E-state index contributed by atoms with van der Waals surface area (Å²) in [5.41, 5.74) is -0.835. The van der Waals surface area contributed by atoms with Gasteiger partial charge in [0.15, 0.2) is 5.67 Å². The topological polar surface area (TPSA) is 33.6 Å². The largest absolute Gasteiger partial charge is 0.435 e. The Hall–Kier alpha value is -3.10. The summed E-state index contributed by atoms with van der Waals surface area (Å²) in [4.78, 5) is 4.96. The van der Waals surface area contributed by atoms with Crippen molar-refractivity contribution < 1.29 is 22.4 Å². The molecular weight excluding hydrogens is 611 g/mol. The average Bonchev–Trinajstić information content (AvgIpc) is 3.43. The van der Waals surface area contributed by atoms with Gasteiger partial charge in [-0.05, 0) is 40.8 Å². The van der Waals surface area contributed by atoms with Crippen LogP contribution in [0.25, 0.3) is 0 Å². The van der Waals surface area contributed by atoms with Crippen LogP contribution in [0.4, 0.5) is 17.6 Å². The number of oxime groups is 1. The first-order valence-electron chi connectivity index (χ1n) is 13.1. The van der Waals surface area contributed by atoms with Gasteiger partial charge in [-0.3, -0.25) is 0 Å². The fourth-order valence-electron chi connectivity index (χ4n) is 4.78. The van der Waals surface area contributed by atoms with E-state index < -0.39 is 23.9 Å². The number of nitrogens with zero attached hydrogens (tertiary/aromatic N) is 1. The van der Waals surface area contributed by atoms with Crippen molar-refractivity contribution in [1.82, 2.24) is 5.32 Å². The molecule has 0 aromatic heterocycles. The van der Waals surface area contributed by atoms with Gasteiger partial charge in [-0.1, -0.05) is 125 Å². The molecule has 2 aliphatic heterocycles. The number of nitrogens with one attached hydrogen (secondary N) is 1.